The molecule has 0 aromatic heterocycles. The highest BCUT2D eigenvalue weighted by Crippen LogP contribution is 2.17. The van der Waals surface area contributed by atoms with Crippen molar-refractivity contribution in [2.45, 2.75) is 26.3 Å². The van der Waals surface area contributed by atoms with Gasteiger partial charge in [0.25, 0.3) is 0 Å². The lowest BCUT2D eigenvalue weighted by molar-refractivity contribution is 0.416. The van der Waals surface area contributed by atoms with E-state index in [4.69, 9.17) is 5.26 Å². The van der Waals surface area contributed by atoms with E-state index in [-0.39, 0.29) is 0 Å². The number of allylic oxidation sites excluding steroid dienone is 1. The predicted molar refractivity (Wildman–Crippen MR) is 40.1 cm³/mol. The molecule has 0 aromatic carbocycles. The van der Waals surface area contributed by atoms with Gasteiger partial charge >= 0.3 is 0 Å². The van der Waals surface area contributed by atoms with E-state index in [9.17, 15) is 0 Å². The number of nitriles is 1. The lowest BCUT2D eigenvalue weighted by Gasteiger charge is -2.24. The van der Waals surface area contributed by atoms with Crippen molar-refractivity contribution in [2.24, 2.45) is 5.92 Å². The van der Waals surface area contributed by atoms with Gasteiger partial charge in [-0.25, -0.2) is 0 Å². The van der Waals surface area contributed by atoms with Crippen LogP contribution in [0.2, 0.25) is 0 Å². The molecule has 2 heteroatoms. The van der Waals surface area contributed by atoms with Crippen molar-refractivity contribution < 1.29 is 0 Å². The number of nitrogens with one attached hydrogen (secondary N) is 1. The number of nitrogens with zero attached hydrogens (tertiary/aromatic N) is 1. The first-order valence-electron chi connectivity index (χ1n) is 3.59. The minimum absolute atomic E-state index is 0.511. The predicted octanol–water partition coefficient (Wildman–Crippen LogP) is 1.41. The van der Waals surface area contributed by atoms with E-state index in [1.807, 2.05) is 6.20 Å². The van der Waals surface area contributed by atoms with E-state index in [1.54, 1.807) is 0 Å². The zero-order valence-electron chi connectivity index (χ0n) is 6.39. The molecule has 1 rings (SSSR count). The van der Waals surface area contributed by atoms with Crippen LogP contribution in [-0.4, -0.2) is 6.04 Å². The summed E-state index contributed by atoms with van der Waals surface area (Å²) in [5, 5.41) is 11.7. The molecule has 0 radical (unpaired) electrons. The summed E-state index contributed by atoms with van der Waals surface area (Å²) in [4.78, 5) is 0. The molecule has 2 unspecified atom stereocenters. The van der Waals surface area contributed by atoms with Crippen LogP contribution < -0.4 is 5.32 Å². The third-order valence-corrected chi connectivity index (χ3v) is 2.06. The second kappa shape index (κ2) is 2.74. The number of hydrogen-bond donors (Lipinski definition) is 1. The highest BCUT2D eigenvalue weighted by Gasteiger charge is 2.16. The molecule has 2 atom stereocenters. The van der Waals surface area contributed by atoms with Crippen LogP contribution in [0, 0.1) is 17.2 Å². The van der Waals surface area contributed by atoms with Gasteiger partial charge in [-0.15, -0.1) is 0 Å². The SMILES string of the molecule is CC1CC(C#N)=CNC1C. The molecular formula is C8H12N2. The Morgan fingerprint density at radius 1 is 1.70 bits per heavy atom. The summed E-state index contributed by atoms with van der Waals surface area (Å²) in [6.07, 6.45) is 2.75. The van der Waals surface area contributed by atoms with Crippen LogP contribution in [0.5, 0.6) is 0 Å². The molecule has 54 valence electrons. The smallest absolute Gasteiger partial charge is 0.0962 e. The summed E-state index contributed by atoms with van der Waals surface area (Å²) >= 11 is 0. The van der Waals surface area contributed by atoms with Crippen molar-refractivity contribution in [3.63, 3.8) is 0 Å². The van der Waals surface area contributed by atoms with Crippen molar-refractivity contribution >= 4 is 0 Å². The van der Waals surface area contributed by atoms with Gasteiger partial charge in [0.2, 0.25) is 0 Å². The molecule has 10 heavy (non-hydrogen) atoms. The van der Waals surface area contributed by atoms with Gasteiger partial charge < -0.3 is 5.32 Å². The van der Waals surface area contributed by atoms with Crippen molar-refractivity contribution in [3.05, 3.63) is 11.8 Å². The summed E-state index contributed by atoms with van der Waals surface area (Å²) in [6, 6.07) is 2.66. The van der Waals surface area contributed by atoms with Crippen LogP contribution in [0.4, 0.5) is 0 Å². The number of hydrogen-bond acceptors (Lipinski definition) is 2. The highest BCUT2D eigenvalue weighted by molar-refractivity contribution is 5.22. The zero-order valence-corrected chi connectivity index (χ0v) is 6.39. The first-order valence-corrected chi connectivity index (χ1v) is 3.59. The Bertz CT molecular complexity index is 188. The molecule has 1 heterocycles. The Morgan fingerprint density at radius 2 is 2.40 bits per heavy atom. The zero-order chi connectivity index (χ0) is 7.56. The summed E-state index contributed by atoms with van der Waals surface area (Å²) in [7, 11) is 0. The van der Waals surface area contributed by atoms with E-state index in [2.05, 4.69) is 25.2 Å². The van der Waals surface area contributed by atoms with Crippen LogP contribution in [0.3, 0.4) is 0 Å². The van der Waals surface area contributed by atoms with Gasteiger partial charge in [0.15, 0.2) is 0 Å². The fourth-order valence-corrected chi connectivity index (χ4v) is 1.06. The Morgan fingerprint density at radius 3 is 2.90 bits per heavy atom. The Balaban J connectivity index is 2.63. The van der Waals surface area contributed by atoms with Gasteiger partial charge in [-0.1, -0.05) is 6.92 Å². The fourth-order valence-electron chi connectivity index (χ4n) is 1.06. The highest BCUT2D eigenvalue weighted by atomic mass is 14.9. The molecule has 2 nitrogen and oxygen atoms in total. The average molecular weight is 136 g/mol. The van der Waals surface area contributed by atoms with Gasteiger partial charge in [0.1, 0.15) is 0 Å². The average Bonchev–Trinajstić information content (AvgIpc) is 1.95. The maximum atomic E-state index is 8.54. The van der Waals surface area contributed by atoms with E-state index < -0.39 is 0 Å². The van der Waals surface area contributed by atoms with Crippen molar-refractivity contribution in [1.82, 2.24) is 5.32 Å². The summed E-state index contributed by atoms with van der Waals surface area (Å²) in [5.74, 6) is 0.583. The molecule has 1 N–H and O–H groups in total. The van der Waals surface area contributed by atoms with E-state index in [1.165, 1.54) is 0 Å². The minimum atomic E-state index is 0.511. The molecular weight excluding hydrogens is 124 g/mol. The first-order chi connectivity index (χ1) is 4.74. The fraction of sp³-hybridized carbons (Fsp3) is 0.625. The quantitative estimate of drug-likeness (QED) is 0.546. The van der Waals surface area contributed by atoms with Crippen molar-refractivity contribution in [1.29, 1.82) is 5.26 Å². The minimum Gasteiger partial charge on any atom is -0.387 e. The van der Waals surface area contributed by atoms with E-state index >= 15 is 0 Å². The molecule has 0 bridgehead atoms. The molecule has 0 fully saturated rings. The second-order valence-electron chi connectivity index (χ2n) is 2.92. The topological polar surface area (TPSA) is 35.8 Å². The summed E-state index contributed by atoms with van der Waals surface area (Å²) in [5.41, 5.74) is 0.866. The lowest BCUT2D eigenvalue weighted by atomic mass is 9.93. The van der Waals surface area contributed by atoms with Crippen LogP contribution in [-0.2, 0) is 0 Å². The Kier molecular flexibility index (Phi) is 1.96. The molecule has 1 aliphatic rings. The van der Waals surface area contributed by atoms with Gasteiger partial charge in [-0.2, -0.15) is 5.26 Å². The van der Waals surface area contributed by atoms with Crippen LogP contribution in [0.25, 0.3) is 0 Å². The van der Waals surface area contributed by atoms with Gasteiger partial charge in [0, 0.05) is 17.8 Å². The summed E-state index contributed by atoms with van der Waals surface area (Å²) < 4.78 is 0. The summed E-state index contributed by atoms with van der Waals surface area (Å²) in [6.45, 7) is 4.29. The van der Waals surface area contributed by atoms with Gasteiger partial charge in [0.05, 0.1) is 6.07 Å². The van der Waals surface area contributed by atoms with Crippen LogP contribution in [0.15, 0.2) is 11.8 Å². The maximum Gasteiger partial charge on any atom is 0.0962 e. The molecule has 0 saturated carbocycles. The molecule has 0 spiro atoms. The number of rotatable bonds is 0. The molecule has 0 amide bonds. The van der Waals surface area contributed by atoms with E-state index in [0.29, 0.717) is 12.0 Å². The third kappa shape index (κ3) is 1.30. The van der Waals surface area contributed by atoms with Crippen molar-refractivity contribution in [3.8, 4) is 6.07 Å². The Labute approximate surface area is 61.5 Å². The molecule has 1 aliphatic heterocycles. The van der Waals surface area contributed by atoms with Crippen molar-refractivity contribution in [2.75, 3.05) is 0 Å². The lowest BCUT2D eigenvalue weighted by Crippen LogP contribution is -2.32. The Hall–Kier alpha value is -0.970. The van der Waals surface area contributed by atoms with Crippen LogP contribution >= 0.6 is 0 Å². The van der Waals surface area contributed by atoms with E-state index in [0.717, 1.165) is 12.0 Å². The normalized spacial score (nSPS) is 31.9. The third-order valence-electron chi connectivity index (χ3n) is 2.06. The molecule has 0 aliphatic carbocycles. The monoisotopic (exact) mass is 136 g/mol. The second-order valence-corrected chi connectivity index (χ2v) is 2.92. The van der Waals surface area contributed by atoms with Crippen LogP contribution in [0.1, 0.15) is 20.3 Å². The molecule has 0 saturated heterocycles. The van der Waals surface area contributed by atoms with Gasteiger partial charge in [-0.3, -0.25) is 0 Å². The maximum absolute atomic E-state index is 8.54. The standard InChI is InChI=1S/C8H12N2/c1-6-3-8(4-9)5-10-7(6)2/h5-7,10H,3H2,1-2H3. The van der Waals surface area contributed by atoms with Gasteiger partial charge in [-0.05, 0) is 19.3 Å². The molecule has 0 aromatic rings. The largest absolute Gasteiger partial charge is 0.387 e. The first kappa shape index (κ1) is 7.14.